The predicted molar refractivity (Wildman–Crippen MR) is 104 cm³/mol. The number of piperazine rings is 1. The number of rotatable bonds is 4. The predicted octanol–water partition coefficient (Wildman–Crippen LogP) is 1.79. The molecule has 142 valence electrons. The summed E-state index contributed by atoms with van der Waals surface area (Å²) >= 11 is 0. The number of nitrogens with zero attached hydrogens (tertiary/aromatic N) is 3. The fourth-order valence-corrected chi connectivity index (χ4v) is 4.06. The fourth-order valence-electron chi connectivity index (χ4n) is 4.06. The maximum absolute atomic E-state index is 12.7. The molecule has 3 heterocycles. The smallest absolute Gasteiger partial charge is 0.270 e. The van der Waals surface area contributed by atoms with Gasteiger partial charge in [0.1, 0.15) is 5.69 Å². The number of hydrogen-bond donors (Lipinski definition) is 1. The minimum atomic E-state index is 0.0114. The van der Waals surface area contributed by atoms with Gasteiger partial charge in [-0.2, -0.15) is 0 Å². The molecule has 2 fully saturated rings. The summed E-state index contributed by atoms with van der Waals surface area (Å²) in [5.74, 6) is 0.710. The van der Waals surface area contributed by atoms with Crippen molar-refractivity contribution in [2.24, 2.45) is 0 Å². The third-order valence-electron chi connectivity index (χ3n) is 5.65. The van der Waals surface area contributed by atoms with Gasteiger partial charge in [-0.3, -0.25) is 14.5 Å². The van der Waals surface area contributed by atoms with Gasteiger partial charge in [-0.1, -0.05) is 30.3 Å². The average molecular weight is 366 g/mol. The van der Waals surface area contributed by atoms with Crippen molar-refractivity contribution in [3.05, 3.63) is 59.9 Å². The molecule has 0 bridgehead atoms. The second-order valence-electron chi connectivity index (χ2n) is 7.39. The van der Waals surface area contributed by atoms with Gasteiger partial charge in [-0.15, -0.1) is 0 Å². The number of aromatic amines is 1. The van der Waals surface area contributed by atoms with Crippen molar-refractivity contribution in [3.8, 4) is 0 Å². The minimum absolute atomic E-state index is 0.0114. The SMILES string of the molecule is O=C(CN1CC[C@@H](c2ccccc2)C1)N1CCN(C(=O)c2ccc[nH]2)CC1. The first kappa shape index (κ1) is 17.8. The van der Waals surface area contributed by atoms with Crippen LogP contribution in [0.4, 0.5) is 0 Å². The molecule has 2 aliphatic rings. The first-order valence-electron chi connectivity index (χ1n) is 9.68. The maximum atomic E-state index is 12.7. The molecule has 2 aliphatic heterocycles. The molecule has 0 unspecified atom stereocenters. The van der Waals surface area contributed by atoms with Crippen molar-refractivity contribution in [1.29, 1.82) is 0 Å². The van der Waals surface area contributed by atoms with Crippen LogP contribution in [-0.2, 0) is 4.79 Å². The number of benzene rings is 1. The molecule has 0 spiro atoms. The lowest BCUT2D eigenvalue weighted by molar-refractivity contribution is -0.133. The van der Waals surface area contributed by atoms with Crippen LogP contribution in [-0.4, -0.2) is 77.3 Å². The maximum Gasteiger partial charge on any atom is 0.270 e. The summed E-state index contributed by atoms with van der Waals surface area (Å²) in [7, 11) is 0. The third kappa shape index (κ3) is 4.06. The quantitative estimate of drug-likeness (QED) is 0.897. The van der Waals surface area contributed by atoms with E-state index in [0.717, 1.165) is 19.5 Å². The molecule has 4 rings (SSSR count). The Labute approximate surface area is 159 Å². The summed E-state index contributed by atoms with van der Waals surface area (Å²) in [5.41, 5.74) is 1.97. The van der Waals surface area contributed by atoms with E-state index in [1.165, 1.54) is 5.56 Å². The molecule has 1 atom stereocenters. The topological polar surface area (TPSA) is 59.7 Å². The van der Waals surface area contributed by atoms with Crippen molar-refractivity contribution in [3.63, 3.8) is 0 Å². The van der Waals surface area contributed by atoms with E-state index < -0.39 is 0 Å². The van der Waals surface area contributed by atoms with E-state index in [0.29, 0.717) is 44.3 Å². The van der Waals surface area contributed by atoms with Crippen LogP contribution in [0.3, 0.4) is 0 Å². The van der Waals surface area contributed by atoms with Crippen LogP contribution >= 0.6 is 0 Å². The Hall–Kier alpha value is -2.60. The van der Waals surface area contributed by atoms with Crippen LogP contribution in [0.1, 0.15) is 28.4 Å². The number of hydrogen-bond acceptors (Lipinski definition) is 3. The normalized spacial score (nSPS) is 20.8. The summed E-state index contributed by atoms with van der Waals surface area (Å²) in [6.07, 6.45) is 2.86. The summed E-state index contributed by atoms with van der Waals surface area (Å²) in [5, 5.41) is 0. The highest BCUT2D eigenvalue weighted by Crippen LogP contribution is 2.26. The van der Waals surface area contributed by atoms with E-state index in [-0.39, 0.29) is 11.8 Å². The number of amides is 2. The number of aromatic nitrogens is 1. The standard InChI is InChI=1S/C21H26N4O2/c26-20(16-23-10-8-18(15-23)17-5-2-1-3-6-17)24-11-13-25(14-12-24)21(27)19-7-4-9-22-19/h1-7,9,18,22H,8,10-16H2/t18-/m1/s1. The Kier molecular flexibility index (Phi) is 5.25. The zero-order chi connectivity index (χ0) is 18.6. The van der Waals surface area contributed by atoms with Gasteiger partial charge in [0.05, 0.1) is 6.54 Å². The lowest BCUT2D eigenvalue weighted by Crippen LogP contribution is -2.52. The Balaban J connectivity index is 1.25. The van der Waals surface area contributed by atoms with Crippen molar-refractivity contribution in [2.75, 3.05) is 45.8 Å². The minimum Gasteiger partial charge on any atom is -0.357 e. The van der Waals surface area contributed by atoms with Gasteiger partial charge in [0.25, 0.3) is 5.91 Å². The highest BCUT2D eigenvalue weighted by molar-refractivity contribution is 5.92. The summed E-state index contributed by atoms with van der Waals surface area (Å²) < 4.78 is 0. The molecule has 1 aromatic carbocycles. The third-order valence-corrected chi connectivity index (χ3v) is 5.65. The molecule has 2 aromatic rings. The molecule has 0 aliphatic carbocycles. The summed E-state index contributed by atoms with van der Waals surface area (Å²) in [6, 6.07) is 14.2. The lowest BCUT2D eigenvalue weighted by Gasteiger charge is -2.35. The van der Waals surface area contributed by atoms with Gasteiger partial charge in [-0.05, 0) is 36.6 Å². The largest absolute Gasteiger partial charge is 0.357 e. The van der Waals surface area contributed by atoms with Crippen molar-refractivity contribution in [2.45, 2.75) is 12.3 Å². The van der Waals surface area contributed by atoms with Gasteiger partial charge in [0, 0.05) is 38.9 Å². The first-order valence-corrected chi connectivity index (χ1v) is 9.68. The molecule has 0 saturated carbocycles. The van der Waals surface area contributed by atoms with Gasteiger partial charge in [-0.25, -0.2) is 0 Å². The zero-order valence-corrected chi connectivity index (χ0v) is 15.5. The first-order chi connectivity index (χ1) is 13.2. The van der Waals surface area contributed by atoms with E-state index in [4.69, 9.17) is 0 Å². The molecule has 6 nitrogen and oxygen atoms in total. The Morgan fingerprint density at radius 3 is 2.37 bits per heavy atom. The van der Waals surface area contributed by atoms with Crippen molar-refractivity contribution < 1.29 is 9.59 Å². The number of H-pyrrole nitrogens is 1. The molecular formula is C21H26N4O2. The molecule has 1 N–H and O–H groups in total. The molecule has 0 radical (unpaired) electrons. The number of likely N-dealkylation sites (tertiary alicyclic amines) is 1. The Bertz CT molecular complexity index is 767. The molecule has 2 saturated heterocycles. The summed E-state index contributed by atoms with van der Waals surface area (Å²) in [6.45, 7) is 4.81. The van der Waals surface area contributed by atoms with Gasteiger partial charge in [0.15, 0.2) is 0 Å². The van der Waals surface area contributed by atoms with E-state index in [9.17, 15) is 9.59 Å². The van der Waals surface area contributed by atoms with Crippen LogP contribution in [0.15, 0.2) is 48.7 Å². The molecule has 27 heavy (non-hydrogen) atoms. The van der Waals surface area contributed by atoms with E-state index >= 15 is 0 Å². The van der Waals surface area contributed by atoms with E-state index in [2.05, 4.69) is 34.1 Å². The fraction of sp³-hybridized carbons (Fsp3) is 0.429. The Morgan fingerprint density at radius 1 is 0.926 bits per heavy atom. The van der Waals surface area contributed by atoms with Crippen LogP contribution in [0.5, 0.6) is 0 Å². The molecule has 1 aromatic heterocycles. The van der Waals surface area contributed by atoms with E-state index in [1.54, 1.807) is 12.3 Å². The molecule has 2 amide bonds. The monoisotopic (exact) mass is 366 g/mol. The van der Waals surface area contributed by atoms with Crippen LogP contribution < -0.4 is 0 Å². The summed E-state index contributed by atoms with van der Waals surface area (Å²) in [4.78, 5) is 34.0. The van der Waals surface area contributed by atoms with Crippen LogP contribution in [0.2, 0.25) is 0 Å². The lowest BCUT2D eigenvalue weighted by atomic mass is 9.99. The van der Waals surface area contributed by atoms with Crippen LogP contribution in [0, 0.1) is 0 Å². The number of nitrogens with one attached hydrogen (secondary N) is 1. The van der Waals surface area contributed by atoms with Crippen LogP contribution in [0.25, 0.3) is 0 Å². The highest BCUT2D eigenvalue weighted by atomic mass is 16.2. The Morgan fingerprint density at radius 2 is 1.67 bits per heavy atom. The molecular weight excluding hydrogens is 340 g/mol. The van der Waals surface area contributed by atoms with Crippen molar-refractivity contribution >= 4 is 11.8 Å². The second-order valence-corrected chi connectivity index (χ2v) is 7.39. The number of carbonyl (C=O) groups excluding carboxylic acids is 2. The van der Waals surface area contributed by atoms with Gasteiger partial charge < -0.3 is 14.8 Å². The average Bonchev–Trinajstić information content (AvgIpc) is 3.40. The van der Waals surface area contributed by atoms with Gasteiger partial charge >= 0.3 is 0 Å². The number of carbonyl (C=O) groups is 2. The highest BCUT2D eigenvalue weighted by Gasteiger charge is 2.29. The van der Waals surface area contributed by atoms with E-state index in [1.807, 2.05) is 21.9 Å². The van der Waals surface area contributed by atoms with Crippen molar-refractivity contribution in [1.82, 2.24) is 19.7 Å². The second kappa shape index (κ2) is 7.96. The van der Waals surface area contributed by atoms with Gasteiger partial charge in [0.2, 0.25) is 5.91 Å². The zero-order valence-electron chi connectivity index (χ0n) is 15.5. The molecule has 6 heteroatoms.